The minimum atomic E-state index is 0.521. The van der Waals surface area contributed by atoms with Crippen molar-refractivity contribution >= 4 is 11.5 Å². The Labute approximate surface area is 129 Å². The molecule has 0 spiro atoms. The van der Waals surface area contributed by atoms with E-state index in [1.165, 1.54) is 32.1 Å². The molecule has 1 saturated carbocycles. The molecule has 2 N–H and O–H groups in total. The fourth-order valence-electron chi connectivity index (χ4n) is 3.26. The molecule has 6 nitrogen and oxygen atoms in total. The highest BCUT2D eigenvalue weighted by molar-refractivity contribution is 5.77. The minimum Gasteiger partial charge on any atom is -0.367 e. The van der Waals surface area contributed by atoms with Crippen LogP contribution in [-0.4, -0.2) is 30.6 Å². The second-order valence-electron chi connectivity index (χ2n) is 6.00. The van der Waals surface area contributed by atoms with Crippen LogP contribution in [0.5, 0.6) is 0 Å². The third-order valence-electron chi connectivity index (χ3n) is 4.46. The lowest BCUT2D eigenvalue weighted by Gasteiger charge is -2.24. The lowest BCUT2D eigenvalue weighted by Crippen LogP contribution is -2.23. The van der Waals surface area contributed by atoms with Crippen molar-refractivity contribution in [3.05, 3.63) is 30.5 Å². The molecule has 6 heteroatoms. The molecule has 0 atom stereocenters. The van der Waals surface area contributed by atoms with Gasteiger partial charge in [-0.05, 0) is 19.8 Å². The van der Waals surface area contributed by atoms with Crippen molar-refractivity contribution in [2.45, 2.75) is 45.1 Å². The lowest BCUT2D eigenvalue weighted by molar-refractivity contribution is 0.461. The van der Waals surface area contributed by atoms with Crippen LogP contribution in [0.2, 0.25) is 0 Å². The van der Waals surface area contributed by atoms with Crippen LogP contribution in [0.3, 0.4) is 0 Å². The number of aromatic nitrogens is 5. The topological polar surface area (TPSA) is 70.9 Å². The van der Waals surface area contributed by atoms with Crippen molar-refractivity contribution in [3.63, 3.8) is 0 Å². The summed E-state index contributed by atoms with van der Waals surface area (Å²) >= 11 is 0. The minimum absolute atomic E-state index is 0.521. The Morgan fingerprint density at radius 3 is 2.86 bits per heavy atom. The first-order valence-corrected chi connectivity index (χ1v) is 7.92. The number of nitrogens with one attached hydrogen (secondary N) is 2. The highest BCUT2D eigenvalue weighted by Gasteiger charge is 2.21. The maximum atomic E-state index is 4.76. The highest BCUT2D eigenvalue weighted by atomic mass is 15.2. The predicted octanol–water partition coefficient (Wildman–Crippen LogP) is 3.17. The molecule has 1 fully saturated rings. The fourth-order valence-corrected chi connectivity index (χ4v) is 3.26. The first-order valence-electron chi connectivity index (χ1n) is 7.92. The van der Waals surface area contributed by atoms with E-state index in [4.69, 9.17) is 4.98 Å². The molecule has 0 bridgehead atoms. The smallest absolute Gasteiger partial charge is 0.157 e. The third-order valence-corrected chi connectivity index (χ3v) is 4.46. The normalized spacial score (nSPS) is 16.2. The number of aromatic amines is 1. The average Bonchev–Trinajstić information content (AvgIpc) is 3.12. The van der Waals surface area contributed by atoms with Gasteiger partial charge in [0.25, 0.3) is 0 Å². The van der Waals surface area contributed by atoms with Gasteiger partial charge in [0.15, 0.2) is 5.65 Å². The number of nitrogens with zero attached hydrogens (tertiary/aromatic N) is 4. The summed E-state index contributed by atoms with van der Waals surface area (Å²) in [7, 11) is 0. The van der Waals surface area contributed by atoms with E-state index in [0.29, 0.717) is 6.04 Å². The van der Waals surface area contributed by atoms with E-state index in [9.17, 15) is 0 Å². The molecule has 4 rings (SSSR count). The van der Waals surface area contributed by atoms with Crippen LogP contribution in [0.1, 0.15) is 37.8 Å². The van der Waals surface area contributed by atoms with Crippen molar-refractivity contribution in [2.75, 3.05) is 5.32 Å². The van der Waals surface area contributed by atoms with E-state index < -0.39 is 0 Å². The van der Waals surface area contributed by atoms with E-state index in [0.717, 1.165) is 28.4 Å². The zero-order valence-electron chi connectivity index (χ0n) is 12.7. The largest absolute Gasteiger partial charge is 0.367 e. The van der Waals surface area contributed by atoms with Gasteiger partial charge in [0.2, 0.25) is 0 Å². The number of H-pyrrole nitrogens is 1. The molecular weight excluding hydrogens is 276 g/mol. The van der Waals surface area contributed by atoms with Gasteiger partial charge >= 0.3 is 0 Å². The molecule has 0 amide bonds. The van der Waals surface area contributed by atoms with Gasteiger partial charge in [-0.1, -0.05) is 19.3 Å². The van der Waals surface area contributed by atoms with Crippen LogP contribution in [0.15, 0.2) is 24.8 Å². The molecule has 1 aliphatic rings. The van der Waals surface area contributed by atoms with E-state index >= 15 is 0 Å². The first-order chi connectivity index (χ1) is 10.8. The van der Waals surface area contributed by atoms with Crippen LogP contribution in [0, 0.1) is 6.92 Å². The van der Waals surface area contributed by atoms with Gasteiger partial charge < -0.3 is 5.32 Å². The van der Waals surface area contributed by atoms with E-state index in [-0.39, 0.29) is 0 Å². The lowest BCUT2D eigenvalue weighted by atomic mass is 9.95. The number of fused-ring (bicyclic) bond motifs is 1. The molecule has 114 valence electrons. The molecule has 0 unspecified atom stereocenters. The summed E-state index contributed by atoms with van der Waals surface area (Å²) in [5, 5.41) is 10.9. The second kappa shape index (κ2) is 5.44. The van der Waals surface area contributed by atoms with Gasteiger partial charge in [-0.2, -0.15) is 5.10 Å². The molecule has 3 heterocycles. The summed E-state index contributed by atoms with van der Waals surface area (Å²) in [5.74, 6) is 1.05. The van der Waals surface area contributed by atoms with Crippen LogP contribution in [-0.2, 0) is 0 Å². The van der Waals surface area contributed by atoms with Crippen LogP contribution in [0.25, 0.3) is 16.9 Å². The van der Waals surface area contributed by atoms with Gasteiger partial charge in [0.05, 0.1) is 12.4 Å². The summed E-state index contributed by atoms with van der Waals surface area (Å²) in [6.07, 6.45) is 13.8. The van der Waals surface area contributed by atoms with Gasteiger partial charge in [0.1, 0.15) is 11.5 Å². The van der Waals surface area contributed by atoms with E-state index in [1.54, 1.807) is 12.4 Å². The summed E-state index contributed by atoms with van der Waals surface area (Å²) in [4.78, 5) is 8.94. The molecular formula is C16H20N6. The number of imidazole rings is 1. The Bertz CT molecular complexity index is 781. The zero-order chi connectivity index (χ0) is 14.9. The Morgan fingerprint density at radius 2 is 2.09 bits per heavy atom. The molecule has 0 saturated heterocycles. The Morgan fingerprint density at radius 1 is 1.23 bits per heavy atom. The van der Waals surface area contributed by atoms with Crippen molar-refractivity contribution in [1.82, 2.24) is 24.6 Å². The van der Waals surface area contributed by atoms with Gasteiger partial charge in [-0.3, -0.25) is 14.5 Å². The number of rotatable bonds is 3. The van der Waals surface area contributed by atoms with Crippen LogP contribution in [0.4, 0.5) is 5.82 Å². The fraction of sp³-hybridized carbons (Fsp3) is 0.438. The highest BCUT2D eigenvalue weighted by Crippen LogP contribution is 2.32. The van der Waals surface area contributed by atoms with Gasteiger partial charge in [-0.25, -0.2) is 4.98 Å². The summed E-state index contributed by atoms with van der Waals surface area (Å²) < 4.78 is 2.09. The number of hydrogen-bond donors (Lipinski definition) is 2. The Kier molecular flexibility index (Phi) is 3.29. The summed E-state index contributed by atoms with van der Waals surface area (Å²) in [6.45, 7) is 2.02. The van der Waals surface area contributed by atoms with Crippen LogP contribution >= 0.6 is 0 Å². The molecule has 0 aliphatic heterocycles. The maximum Gasteiger partial charge on any atom is 0.157 e. The maximum absolute atomic E-state index is 4.76. The van der Waals surface area contributed by atoms with Crippen molar-refractivity contribution in [2.24, 2.45) is 0 Å². The standard InChI is InChI=1S/C16H20N6/c1-11-13(9-18-21-11)15-16(19-12-5-3-2-4-6-12)22-8-7-17-10-14(22)20-15/h7-10,12,19H,2-6H2,1H3,(H,18,21). The Hall–Kier alpha value is -2.37. The molecule has 1 aliphatic carbocycles. The first kappa shape index (κ1) is 13.3. The quantitative estimate of drug-likeness (QED) is 0.778. The molecule has 3 aromatic heterocycles. The molecule has 22 heavy (non-hydrogen) atoms. The zero-order valence-corrected chi connectivity index (χ0v) is 12.7. The van der Waals surface area contributed by atoms with Crippen LogP contribution < -0.4 is 5.32 Å². The summed E-state index contributed by atoms with van der Waals surface area (Å²) in [6, 6.07) is 0.521. The molecule has 0 aromatic carbocycles. The van der Waals surface area contributed by atoms with Gasteiger partial charge in [0, 0.05) is 29.7 Å². The third kappa shape index (κ3) is 2.24. The van der Waals surface area contributed by atoms with Crippen molar-refractivity contribution < 1.29 is 0 Å². The SMILES string of the molecule is Cc1[nH]ncc1-c1nc2cnccn2c1NC1CCCCC1. The number of hydrogen-bond acceptors (Lipinski definition) is 4. The van der Waals surface area contributed by atoms with Gasteiger partial charge in [-0.15, -0.1) is 0 Å². The van der Waals surface area contributed by atoms with E-state index in [2.05, 4.69) is 24.9 Å². The summed E-state index contributed by atoms with van der Waals surface area (Å²) in [5.41, 5.74) is 3.88. The second-order valence-corrected chi connectivity index (χ2v) is 6.00. The average molecular weight is 296 g/mol. The van der Waals surface area contributed by atoms with Crippen molar-refractivity contribution in [1.29, 1.82) is 0 Å². The van der Waals surface area contributed by atoms with E-state index in [1.807, 2.05) is 19.3 Å². The number of anilines is 1. The monoisotopic (exact) mass is 296 g/mol. The van der Waals surface area contributed by atoms with Crippen molar-refractivity contribution in [3.8, 4) is 11.3 Å². The Balaban J connectivity index is 1.81. The predicted molar refractivity (Wildman–Crippen MR) is 85.8 cm³/mol. The molecule has 3 aromatic rings. The number of aryl methyl sites for hydroxylation is 1. The molecule has 0 radical (unpaired) electrons.